The molecule has 2 rings (SSSR count). The lowest BCUT2D eigenvalue weighted by Crippen LogP contribution is -2.50. The van der Waals surface area contributed by atoms with Crippen molar-refractivity contribution in [2.75, 3.05) is 7.05 Å². The van der Waals surface area contributed by atoms with Crippen molar-refractivity contribution in [1.29, 1.82) is 0 Å². The van der Waals surface area contributed by atoms with Crippen LogP contribution in [-0.2, 0) is 18.4 Å². The smallest absolute Gasteiger partial charge is 0.324 e. The summed E-state index contributed by atoms with van der Waals surface area (Å²) in [4.78, 5) is 13.5. The first-order chi connectivity index (χ1) is 8.04. The van der Waals surface area contributed by atoms with Crippen molar-refractivity contribution < 1.29 is 9.90 Å². The summed E-state index contributed by atoms with van der Waals surface area (Å²) in [6.45, 7) is 0.639. The highest BCUT2D eigenvalue weighted by molar-refractivity contribution is 5.79. The fourth-order valence-electron chi connectivity index (χ4n) is 2.70. The third-order valence-electron chi connectivity index (χ3n) is 3.74. The van der Waals surface area contributed by atoms with Crippen molar-refractivity contribution in [3.05, 3.63) is 18.0 Å². The summed E-state index contributed by atoms with van der Waals surface area (Å²) in [5.41, 5.74) is 0.387. The van der Waals surface area contributed by atoms with Crippen LogP contribution >= 0.6 is 0 Å². The van der Waals surface area contributed by atoms with E-state index in [1.807, 2.05) is 25.2 Å². The number of carboxylic acids is 1. The molecule has 1 fully saturated rings. The van der Waals surface area contributed by atoms with E-state index in [1.54, 1.807) is 10.9 Å². The largest absolute Gasteiger partial charge is 0.480 e. The van der Waals surface area contributed by atoms with Gasteiger partial charge in [-0.05, 0) is 19.9 Å². The SMILES string of the molecule is CN(Cc1cnn(C)c1)C1(C(=O)O)CCCC1. The monoisotopic (exact) mass is 237 g/mol. The van der Waals surface area contributed by atoms with E-state index in [1.165, 1.54) is 0 Å². The van der Waals surface area contributed by atoms with Gasteiger partial charge in [-0.1, -0.05) is 12.8 Å². The molecule has 1 N–H and O–H groups in total. The van der Waals surface area contributed by atoms with Gasteiger partial charge < -0.3 is 5.11 Å². The first-order valence-corrected chi connectivity index (χ1v) is 5.97. The molecule has 5 heteroatoms. The Bertz CT molecular complexity index is 408. The summed E-state index contributed by atoms with van der Waals surface area (Å²) in [5.74, 6) is -0.693. The predicted molar refractivity (Wildman–Crippen MR) is 63.5 cm³/mol. The number of carboxylic acid groups (broad SMARTS) is 1. The Morgan fingerprint density at radius 1 is 1.59 bits per heavy atom. The Morgan fingerprint density at radius 2 is 2.24 bits per heavy atom. The summed E-state index contributed by atoms with van der Waals surface area (Å²) in [7, 11) is 3.76. The second-order valence-electron chi connectivity index (χ2n) is 4.92. The van der Waals surface area contributed by atoms with Crippen LogP contribution in [0.25, 0.3) is 0 Å². The first-order valence-electron chi connectivity index (χ1n) is 5.97. The molecule has 5 nitrogen and oxygen atoms in total. The topological polar surface area (TPSA) is 58.4 Å². The number of aliphatic carboxylic acids is 1. The van der Waals surface area contributed by atoms with Gasteiger partial charge in [0.15, 0.2) is 0 Å². The Hall–Kier alpha value is -1.36. The lowest BCUT2D eigenvalue weighted by molar-refractivity contribution is -0.150. The van der Waals surface area contributed by atoms with E-state index in [0.29, 0.717) is 6.54 Å². The molecule has 0 saturated heterocycles. The molecule has 0 unspecified atom stereocenters. The molecule has 1 aromatic rings. The van der Waals surface area contributed by atoms with Gasteiger partial charge in [0.2, 0.25) is 0 Å². The molecule has 0 atom stereocenters. The van der Waals surface area contributed by atoms with Crippen LogP contribution in [0.1, 0.15) is 31.2 Å². The maximum Gasteiger partial charge on any atom is 0.324 e. The molecule has 1 aliphatic rings. The van der Waals surface area contributed by atoms with Crippen molar-refractivity contribution in [3.63, 3.8) is 0 Å². The molecule has 0 aliphatic heterocycles. The van der Waals surface area contributed by atoms with Crippen LogP contribution in [-0.4, -0.2) is 38.3 Å². The summed E-state index contributed by atoms with van der Waals surface area (Å²) >= 11 is 0. The molecule has 94 valence electrons. The molecular weight excluding hydrogens is 218 g/mol. The second kappa shape index (κ2) is 4.49. The van der Waals surface area contributed by atoms with E-state index < -0.39 is 11.5 Å². The minimum absolute atomic E-state index is 0.639. The molecule has 1 aromatic heterocycles. The Balaban J connectivity index is 2.12. The minimum atomic E-state index is -0.693. The molecule has 1 heterocycles. The van der Waals surface area contributed by atoms with Crippen LogP contribution in [0.3, 0.4) is 0 Å². The third kappa shape index (κ3) is 2.20. The maximum absolute atomic E-state index is 11.5. The molecule has 0 aromatic carbocycles. The van der Waals surface area contributed by atoms with Gasteiger partial charge in [-0.15, -0.1) is 0 Å². The van der Waals surface area contributed by atoms with Gasteiger partial charge in [0.05, 0.1) is 6.20 Å². The molecule has 0 radical (unpaired) electrons. The van der Waals surface area contributed by atoms with E-state index >= 15 is 0 Å². The molecule has 1 saturated carbocycles. The summed E-state index contributed by atoms with van der Waals surface area (Å²) in [5, 5.41) is 13.6. The number of aryl methyl sites for hydroxylation is 1. The molecular formula is C12H19N3O2. The van der Waals surface area contributed by atoms with Crippen molar-refractivity contribution in [2.45, 2.75) is 37.8 Å². The highest BCUT2D eigenvalue weighted by Gasteiger charge is 2.44. The second-order valence-corrected chi connectivity index (χ2v) is 4.92. The van der Waals surface area contributed by atoms with Gasteiger partial charge >= 0.3 is 5.97 Å². The van der Waals surface area contributed by atoms with Gasteiger partial charge in [0.25, 0.3) is 0 Å². The fraction of sp³-hybridized carbons (Fsp3) is 0.667. The molecule has 0 spiro atoms. The number of aromatic nitrogens is 2. The van der Waals surface area contributed by atoms with Crippen molar-refractivity contribution >= 4 is 5.97 Å². The van der Waals surface area contributed by atoms with E-state index in [4.69, 9.17) is 0 Å². The predicted octanol–water partition coefficient (Wildman–Crippen LogP) is 1.25. The van der Waals surface area contributed by atoms with Gasteiger partial charge in [0.1, 0.15) is 5.54 Å². The number of nitrogens with zero attached hydrogens (tertiary/aromatic N) is 3. The Morgan fingerprint density at radius 3 is 2.71 bits per heavy atom. The number of carbonyl (C=O) groups is 1. The van der Waals surface area contributed by atoms with Crippen LogP contribution in [0.2, 0.25) is 0 Å². The van der Waals surface area contributed by atoms with Crippen LogP contribution in [0.5, 0.6) is 0 Å². The van der Waals surface area contributed by atoms with E-state index in [0.717, 1.165) is 31.2 Å². The van der Waals surface area contributed by atoms with Crippen LogP contribution in [0.15, 0.2) is 12.4 Å². The molecule has 17 heavy (non-hydrogen) atoms. The number of likely N-dealkylation sites (N-methyl/N-ethyl adjacent to an activating group) is 1. The van der Waals surface area contributed by atoms with Crippen LogP contribution < -0.4 is 0 Å². The van der Waals surface area contributed by atoms with Gasteiger partial charge in [-0.2, -0.15) is 5.10 Å². The number of hydrogen-bond acceptors (Lipinski definition) is 3. The van der Waals surface area contributed by atoms with E-state index in [2.05, 4.69) is 5.10 Å². The molecule has 0 amide bonds. The minimum Gasteiger partial charge on any atom is -0.480 e. The van der Waals surface area contributed by atoms with E-state index in [9.17, 15) is 9.90 Å². The quantitative estimate of drug-likeness (QED) is 0.856. The molecule has 0 bridgehead atoms. The van der Waals surface area contributed by atoms with Gasteiger partial charge in [-0.25, -0.2) is 0 Å². The maximum atomic E-state index is 11.5. The van der Waals surface area contributed by atoms with Crippen LogP contribution in [0.4, 0.5) is 0 Å². The zero-order chi connectivity index (χ0) is 12.5. The number of rotatable bonds is 4. The van der Waals surface area contributed by atoms with Crippen molar-refractivity contribution in [3.8, 4) is 0 Å². The Labute approximate surface area is 101 Å². The summed E-state index contributed by atoms with van der Waals surface area (Å²) in [6.07, 6.45) is 7.23. The average molecular weight is 237 g/mol. The Kier molecular flexibility index (Phi) is 3.19. The zero-order valence-electron chi connectivity index (χ0n) is 10.4. The van der Waals surface area contributed by atoms with Crippen LogP contribution in [0, 0.1) is 0 Å². The van der Waals surface area contributed by atoms with Crippen molar-refractivity contribution in [1.82, 2.24) is 14.7 Å². The summed E-state index contributed by atoms with van der Waals surface area (Å²) < 4.78 is 1.74. The zero-order valence-corrected chi connectivity index (χ0v) is 10.4. The van der Waals surface area contributed by atoms with E-state index in [-0.39, 0.29) is 0 Å². The molecule has 1 aliphatic carbocycles. The summed E-state index contributed by atoms with van der Waals surface area (Å²) in [6, 6.07) is 0. The lowest BCUT2D eigenvalue weighted by atomic mass is 9.95. The first kappa shape index (κ1) is 12.1. The highest BCUT2D eigenvalue weighted by Crippen LogP contribution is 2.35. The van der Waals surface area contributed by atoms with Gasteiger partial charge in [0, 0.05) is 25.4 Å². The van der Waals surface area contributed by atoms with Gasteiger partial charge in [-0.3, -0.25) is 14.4 Å². The average Bonchev–Trinajstić information content (AvgIpc) is 2.87. The third-order valence-corrected chi connectivity index (χ3v) is 3.74. The normalized spacial score (nSPS) is 18.8. The standard InChI is InChI=1S/C12H19N3O2/c1-14(8-10-7-13-15(2)9-10)12(11(16)17)5-3-4-6-12/h7,9H,3-6,8H2,1-2H3,(H,16,17). The highest BCUT2D eigenvalue weighted by atomic mass is 16.4. The number of hydrogen-bond donors (Lipinski definition) is 1. The lowest BCUT2D eigenvalue weighted by Gasteiger charge is -2.34. The van der Waals surface area contributed by atoms with Crippen molar-refractivity contribution in [2.24, 2.45) is 7.05 Å². The fourth-order valence-corrected chi connectivity index (χ4v) is 2.70.